The van der Waals surface area contributed by atoms with Crippen LogP contribution in [0.15, 0.2) is 82.6 Å². The van der Waals surface area contributed by atoms with Crippen LogP contribution < -0.4 is 10.0 Å². The van der Waals surface area contributed by atoms with Crippen molar-refractivity contribution >= 4 is 33.4 Å². The molecule has 0 spiro atoms. The van der Waals surface area contributed by atoms with Crippen molar-refractivity contribution in [2.45, 2.75) is 22.8 Å². The van der Waals surface area contributed by atoms with E-state index >= 15 is 0 Å². The Labute approximate surface area is 179 Å². The van der Waals surface area contributed by atoms with Crippen LogP contribution in [0.3, 0.4) is 0 Å². The van der Waals surface area contributed by atoms with Gasteiger partial charge < -0.3 is 5.32 Å². The molecule has 5 nitrogen and oxygen atoms in total. The number of hydrogen-bond donors (Lipinski definition) is 2. The topological polar surface area (TPSA) is 75.3 Å². The Morgan fingerprint density at radius 2 is 1.53 bits per heavy atom. The molecule has 3 aromatic rings. The van der Waals surface area contributed by atoms with Crippen molar-refractivity contribution in [3.8, 4) is 0 Å². The lowest BCUT2D eigenvalue weighted by atomic mass is 10.1. The second-order valence-electron chi connectivity index (χ2n) is 6.61. The quantitative estimate of drug-likeness (QED) is 0.512. The van der Waals surface area contributed by atoms with Crippen LogP contribution in [0.4, 0.5) is 10.1 Å². The molecule has 156 valence electrons. The van der Waals surface area contributed by atoms with Gasteiger partial charge in [0.15, 0.2) is 0 Å². The van der Waals surface area contributed by atoms with Crippen LogP contribution in [0.1, 0.15) is 28.9 Å². The number of sulfonamides is 1. The number of rotatable bonds is 7. The summed E-state index contributed by atoms with van der Waals surface area (Å²) in [6, 6.07) is 18.3. The Balaban J connectivity index is 1.66. The molecule has 1 atom stereocenters. The first-order valence-electron chi connectivity index (χ1n) is 9.12. The van der Waals surface area contributed by atoms with Gasteiger partial charge in [-0.1, -0.05) is 12.1 Å². The lowest BCUT2D eigenvalue weighted by Crippen LogP contribution is -2.26. The summed E-state index contributed by atoms with van der Waals surface area (Å²) in [5.74, 6) is -0.649. The Bertz CT molecular complexity index is 1110. The molecule has 0 saturated carbocycles. The number of carbonyl (C=O) groups excluding carboxylic acids is 1. The summed E-state index contributed by atoms with van der Waals surface area (Å²) in [5, 5.41) is 2.83. The van der Waals surface area contributed by atoms with Crippen LogP contribution in [0.25, 0.3) is 0 Å². The molecule has 0 heterocycles. The van der Waals surface area contributed by atoms with E-state index in [0.717, 1.165) is 10.5 Å². The second-order valence-corrected chi connectivity index (χ2v) is 9.17. The summed E-state index contributed by atoms with van der Waals surface area (Å²) >= 11 is 1.53. The number of anilines is 1. The molecule has 2 N–H and O–H groups in total. The summed E-state index contributed by atoms with van der Waals surface area (Å²) in [5.41, 5.74) is 1.52. The molecule has 0 radical (unpaired) electrons. The number of thioether (sulfide) groups is 1. The van der Waals surface area contributed by atoms with E-state index in [0.29, 0.717) is 11.3 Å². The van der Waals surface area contributed by atoms with Crippen LogP contribution >= 0.6 is 11.8 Å². The van der Waals surface area contributed by atoms with Gasteiger partial charge in [-0.05, 0) is 79.4 Å². The van der Waals surface area contributed by atoms with E-state index in [1.165, 1.54) is 36.0 Å². The number of hydrogen-bond acceptors (Lipinski definition) is 4. The normalized spacial score (nSPS) is 12.2. The van der Waals surface area contributed by atoms with E-state index in [1.807, 2.05) is 6.26 Å². The fourth-order valence-corrected chi connectivity index (χ4v) is 4.24. The predicted octanol–water partition coefficient (Wildman–Crippen LogP) is 4.84. The van der Waals surface area contributed by atoms with Crippen LogP contribution in [0, 0.1) is 5.82 Å². The van der Waals surface area contributed by atoms with Crippen molar-refractivity contribution < 1.29 is 17.6 Å². The molecule has 0 aliphatic carbocycles. The van der Waals surface area contributed by atoms with E-state index in [-0.39, 0.29) is 22.7 Å². The van der Waals surface area contributed by atoms with Crippen LogP contribution in [0.5, 0.6) is 0 Å². The minimum Gasteiger partial charge on any atom is -0.346 e. The third kappa shape index (κ3) is 5.40. The lowest BCUT2D eigenvalue weighted by molar-refractivity contribution is 0.0940. The zero-order chi connectivity index (χ0) is 21.7. The van der Waals surface area contributed by atoms with Crippen molar-refractivity contribution in [1.82, 2.24) is 5.32 Å². The zero-order valence-corrected chi connectivity index (χ0v) is 18.1. The first kappa shape index (κ1) is 21.9. The molecule has 3 rings (SSSR count). The molecule has 1 amide bonds. The number of carbonyl (C=O) groups is 1. The number of amides is 1. The fraction of sp³-hybridized carbons (Fsp3) is 0.136. The molecule has 0 aromatic heterocycles. The Kier molecular flexibility index (Phi) is 6.79. The highest BCUT2D eigenvalue weighted by atomic mass is 32.2. The van der Waals surface area contributed by atoms with Crippen molar-refractivity contribution in [2.75, 3.05) is 11.0 Å². The summed E-state index contributed by atoms with van der Waals surface area (Å²) < 4.78 is 40.6. The average Bonchev–Trinajstić information content (AvgIpc) is 2.74. The van der Waals surface area contributed by atoms with Crippen molar-refractivity contribution in [3.63, 3.8) is 0 Å². The number of nitrogens with one attached hydrogen (secondary N) is 2. The van der Waals surface area contributed by atoms with Crippen molar-refractivity contribution in [2.24, 2.45) is 0 Å². The first-order chi connectivity index (χ1) is 14.3. The zero-order valence-electron chi connectivity index (χ0n) is 16.4. The Morgan fingerprint density at radius 3 is 2.10 bits per heavy atom. The molecule has 0 aliphatic rings. The van der Waals surface area contributed by atoms with Crippen molar-refractivity contribution in [3.05, 3.63) is 89.7 Å². The Morgan fingerprint density at radius 1 is 0.933 bits per heavy atom. The molecule has 8 heteroatoms. The molecule has 0 saturated heterocycles. The third-order valence-electron chi connectivity index (χ3n) is 4.49. The van der Waals surface area contributed by atoms with Gasteiger partial charge in [0, 0.05) is 16.1 Å². The van der Waals surface area contributed by atoms with Gasteiger partial charge in [-0.25, -0.2) is 12.8 Å². The summed E-state index contributed by atoms with van der Waals surface area (Å²) in [7, 11) is -3.72. The maximum Gasteiger partial charge on any atom is 0.261 e. The molecule has 0 bridgehead atoms. The van der Waals surface area contributed by atoms with Gasteiger partial charge in [0.1, 0.15) is 5.82 Å². The van der Waals surface area contributed by atoms with E-state index < -0.39 is 10.0 Å². The van der Waals surface area contributed by atoms with Gasteiger partial charge in [-0.3, -0.25) is 9.52 Å². The summed E-state index contributed by atoms with van der Waals surface area (Å²) in [6.07, 6.45) is 1.92. The van der Waals surface area contributed by atoms with Gasteiger partial charge >= 0.3 is 0 Å². The average molecular weight is 445 g/mol. The number of halogens is 1. The van der Waals surface area contributed by atoms with E-state index in [4.69, 9.17) is 0 Å². The van der Waals surface area contributed by atoms with Gasteiger partial charge in [-0.2, -0.15) is 0 Å². The van der Waals surface area contributed by atoms with Crippen LogP contribution in [-0.2, 0) is 10.0 Å². The Hall–Kier alpha value is -2.84. The number of benzene rings is 3. The lowest BCUT2D eigenvalue weighted by Gasteiger charge is -2.15. The smallest absolute Gasteiger partial charge is 0.261 e. The van der Waals surface area contributed by atoms with Gasteiger partial charge in [-0.15, -0.1) is 11.8 Å². The maximum absolute atomic E-state index is 13.0. The SMILES string of the molecule is CSc1ccc(S(=O)(=O)Nc2ccc(C(=O)NC(C)c3ccc(F)cc3)cc2)cc1. The largest absolute Gasteiger partial charge is 0.346 e. The summed E-state index contributed by atoms with van der Waals surface area (Å²) in [6.45, 7) is 1.80. The maximum atomic E-state index is 13.0. The minimum atomic E-state index is -3.72. The molecule has 3 aromatic carbocycles. The molecule has 30 heavy (non-hydrogen) atoms. The van der Waals surface area contributed by atoms with Crippen molar-refractivity contribution in [1.29, 1.82) is 0 Å². The van der Waals surface area contributed by atoms with E-state index in [1.54, 1.807) is 55.5 Å². The van der Waals surface area contributed by atoms with Crippen LogP contribution in [0.2, 0.25) is 0 Å². The van der Waals surface area contributed by atoms with Crippen LogP contribution in [-0.4, -0.2) is 20.6 Å². The highest BCUT2D eigenvalue weighted by Gasteiger charge is 2.15. The molecular weight excluding hydrogens is 423 g/mol. The molecular formula is C22H21FN2O3S2. The monoisotopic (exact) mass is 444 g/mol. The molecule has 0 fully saturated rings. The van der Waals surface area contributed by atoms with E-state index in [2.05, 4.69) is 10.0 Å². The second kappa shape index (κ2) is 9.32. The van der Waals surface area contributed by atoms with Gasteiger partial charge in [0.2, 0.25) is 0 Å². The van der Waals surface area contributed by atoms with E-state index in [9.17, 15) is 17.6 Å². The standard InChI is InChI=1S/C22H21FN2O3S2/c1-15(16-3-7-18(23)8-4-16)24-22(26)17-5-9-19(10-6-17)25-30(27,28)21-13-11-20(29-2)12-14-21/h3-15,25H,1-2H3,(H,24,26). The minimum absolute atomic E-state index is 0.162. The van der Waals surface area contributed by atoms with Gasteiger partial charge in [0.25, 0.3) is 15.9 Å². The first-order valence-corrected chi connectivity index (χ1v) is 11.8. The third-order valence-corrected chi connectivity index (χ3v) is 6.63. The highest BCUT2D eigenvalue weighted by molar-refractivity contribution is 7.98. The highest BCUT2D eigenvalue weighted by Crippen LogP contribution is 2.21. The fourth-order valence-electron chi connectivity index (χ4n) is 2.77. The van der Waals surface area contributed by atoms with Gasteiger partial charge in [0.05, 0.1) is 10.9 Å². The summed E-state index contributed by atoms with van der Waals surface area (Å²) in [4.78, 5) is 13.6. The predicted molar refractivity (Wildman–Crippen MR) is 118 cm³/mol. The molecule has 0 aliphatic heterocycles. The molecule has 1 unspecified atom stereocenters.